The molecule has 0 saturated heterocycles. The number of rotatable bonds is 11. The van der Waals surface area contributed by atoms with Crippen LogP contribution in [0.4, 0.5) is 11.4 Å². The van der Waals surface area contributed by atoms with Crippen LogP contribution in [0.25, 0.3) is 0 Å². The van der Waals surface area contributed by atoms with Crippen molar-refractivity contribution in [1.29, 1.82) is 0 Å². The number of hydrogen-bond donors (Lipinski definition) is 6. The molecule has 3 aliphatic heterocycles. The van der Waals surface area contributed by atoms with E-state index in [9.17, 15) is 45.1 Å². The van der Waals surface area contributed by atoms with Crippen molar-refractivity contribution in [3.05, 3.63) is 124 Å². The fraction of sp³-hybridized carbons (Fsp3) is 0.492. The molecule has 7 rings (SSSR count). The molecular weight excluding hydrogens is 1060 g/mol. The molecule has 19 heteroatoms. The van der Waals surface area contributed by atoms with Crippen LogP contribution in [-0.2, 0) is 50.2 Å². The van der Waals surface area contributed by atoms with Crippen molar-refractivity contribution < 1.29 is 59.5 Å². The number of amides is 3. The third-order valence-electron chi connectivity index (χ3n) is 15.7. The summed E-state index contributed by atoms with van der Waals surface area (Å²) in [5.41, 5.74) is 7.63. The van der Waals surface area contributed by atoms with Crippen molar-refractivity contribution in [3.8, 4) is 5.75 Å². The quantitative estimate of drug-likeness (QED) is 0.0595. The summed E-state index contributed by atoms with van der Waals surface area (Å²) in [6.45, 7) is 12.6. The molecule has 0 saturated carbocycles. The molecule has 1 aliphatic carbocycles. The van der Waals surface area contributed by atoms with Gasteiger partial charge in [0.2, 0.25) is 23.4 Å². The number of fused-ring (bicyclic) bond motifs is 6. The molecule has 432 valence electrons. The van der Waals surface area contributed by atoms with Crippen molar-refractivity contribution in [2.24, 2.45) is 0 Å². The molecule has 0 aromatic heterocycles. The van der Waals surface area contributed by atoms with Gasteiger partial charge < -0.3 is 30.7 Å². The maximum Gasteiger partial charge on any atom is 0.303 e. The van der Waals surface area contributed by atoms with Crippen LogP contribution in [0.3, 0.4) is 0 Å². The maximum atomic E-state index is 13.5. The van der Waals surface area contributed by atoms with Crippen LogP contribution in [-0.4, -0.2) is 97.2 Å². The second-order valence-electron chi connectivity index (χ2n) is 22.5. The minimum Gasteiger partial charge on any atom is -0.481 e. The monoisotopic (exact) mass is 1140 g/mol. The van der Waals surface area contributed by atoms with E-state index in [-0.39, 0.29) is 45.8 Å². The highest BCUT2D eigenvalue weighted by atomic mass is 32.2. The smallest absolute Gasteiger partial charge is 0.303 e. The second-order valence-corrected chi connectivity index (χ2v) is 25.4. The van der Waals surface area contributed by atoms with E-state index in [1.807, 2.05) is 26.0 Å². The Labute approximate surface area is 472 Å². The molecule has 80 heavy (non-hydrogen) atoms. The average molecular weight is 1140 g/mol. The topological polar surface area (TPSA) is 249 Å². The highest BCUT2D eigenvalue weighted by molar-refractivity contribution is 7.86. The lowest BCUT2D eigenvalue weighted by molar-refractivity contribution is -0.438. The fourth-order valence-corrected chi connectivity index (χ4v) is 12.3. The number of nitrogens with one attached hydrogen (secondary N) is 3. The van der Waals surface area contributed by atoms with E-state index in [1.165, 1.54) is 42.0 Å². The molecule has 3 aromatic rings. The maximum absolute atomic E-state index is 13.5. The zero-order valence-electron chi connectivity index (χ0n) is 46.9. The first-order valence-corrected chi connectivity index (χ1v) is 31.1. The number of anilines is 1. The number of benzene rings is 3. The van der Waals surface area contributed by atoms with Gasteiger partial charge in [-0.1, -0.05) is 44.4 Å². The van der Waals surface area contributed by atoms with Crippen LogP contribution in [0.15, 0.2) is 117 Å². The van der Waals surface area contributed by atoms with Gasteiger partial charge in [-0.2, -0.15) is 21.4 Å². The van der Waals surface area contributed by atoms with Crippen molar-refractivity contribution >= 4 is 61.0 Å². The minimum absolute atomic E-state index is 0.0364. The first-order chi connectivity index (χ1) is 37.9. The summed E-state index contributed by atoms with van der Waals surface area (Å²) < 4.78 is 78.2. The predicted octanol–water partition coefficient (Wildman–Crippen LogP) is 10.2. The number of carbonyl (C=O) groups excluding carboxylic acids is 3. The Kier molecular flexibility index (Phi) is 20.6. The Balaban J connectivity index is 1.24. The summed E-state index contributed by atoms with van der Waals surface area (Å²) in [5, 5.41) is 17.9. The zero-order chi connectivity index (χ0) is 57.8. The van der Waals surface area contributed by atoms with Crippen molar-refractivity contribution in [1.82, 2.24) is 16.0 Å². The lowest BCUT2D eigenvalue weighted by Crippen LogP contribution is -2.47. The summed E-state index contributed by atoms with van der Waals surface area (Å²) in [5.74, 6) is -0.509. The summed E-state index contributed by atoms with van der Waals surface area (Å²) in [6, 6.07) is 16.0. The number of aliphatic carboxylic acids is 1. The van der Waals surface area contributed by atoms with Gasteiger partial charge in [-0.25, -0.2) is 0 Å². The van der Waals surface area contributed by atoms with Gasteiger partial charge in [-0.15, -0.1) is 0 Å². The van der Waals surface area contributed by atoms with E-state index in [4.69, 9.17) is 9.84 Å². The molecule has 3 heterocycles. The first-order valence-electron chi connectivity index (χ1n) is 28.2. The number of nitrogens with zero attached hydrogens (tertiary/aromatic N) is 2. The van der Waals surface area contributed by atoms with Crippen LogP contribution in [0.1, 0.15) is 160 Å². The van der Waals surface area contributed by atoms with Crippen LogP contribution in [0, 0.1) is 6.92 Å². The van der Waals surface area contributed by atoms with Gasteiger partial charge in [-0.05, 0) is 175 Å². The summed E-state index contributed by atoms with van der Waals surface area (Å²) in [4.78, 5) is 52.6. The van der Waals surface area contributed by atoms with Gasteiger partial charge >= 0.3 is 5.97 Å². The van der Waals surface area contributed by atoms with Gasteiger partial charge in [0.15, 0.2) is 5.71 Å². The second kappa shape index (κ2) is 26.9. The predicted molar refractivity (Wildman–Crippen MR) is 309 cm³/mol. The molecule has 6 N–H and O–H groups in total. The van der Waals surface area contributed by atoms with Crippen LogP contribution in [0.2, 0.25) is 0 Å². The zero-order valence-corrected chi connectivity index (χ0v) is 48.6. The molecular formula is C61H80N5O12S2+. The van der Waals surface area contributed by atoms with Crippen LogP contribution >= 0.6 is 0 Å². The number of carboxylic acids is 1. The molecule has 2 bridgehead atoms. The van der Waals surface area contributed by atoms with Crippen molar-refractivity contribution in [3.63, 3.8) is 0 Å². The highest BCUT2D eigenvalue weighted by Crippen LogP contribution is 2.49. The largest absolute Gasteiger partial charge is 0.481 e. The number of hydrogen-bond acceptors (Lipinski definition) is 10. The van der Waals surface area contributed by atoms with Crippen molar-refractivity contribution in [2.45, 2.75) is 177 Å². The number of ether oxygens (including phenoxy) is 1. The molecule has 4 aliphatic rings. The first kappa shape index (κ1) is 61.2. The standard InChI is InChI=1S/C61H79N5O12S2/c1-42-24-32-51-48(40-42)60(2,3)53-34-25-43-18-17-19-44(58(43)78-45-27-29-46(30-28-45)79(72,73)74)26-35-54-61(4,5)49-41-47(80(75,76)77)31-33-52(49)66(54)39-16-8-10-22-56(68)64-50(59(71)63-37-13-6-11-23-57(69)70)20-12-14-36-62-55(67)21-9-7-15-38-65(51)53/h24-35,40-41,50H,6-23,36-39H2,1-5H3,(H5-,62,63,64,67,68,69,70,71,72,73,74,75,76,77)/p+1. The van der Waals surface area contributed by atoms with Crippen LogP contribution < -0.4 is 25.6 Å². The van der Waals surface area contributed by atoms with Crippen molar-refractivity contribution in [2.75, 3.05) is 31.1 Å². The Bertz CT molecular complexity index is 3190. The lowest BCUT2D eigenvalue weighted by atomic mass is 9.80. The lowest BCUT2D eigenvalue weighted by Gasteiger charge is -2.27. The summed E-state index contributed by atoms with van der Waals surface area (Å²) >= 11 is 0. The van der Waals surface area contributed by atoms with E-state index in [0.29, 0.717) is 120 Å². The Morgan fingerprint density at radius 1 is 0.738 bits per heavy atom. The Hall–Kier alpha value is -6.41. The Morgan fingerprint density at radius 3 is 2.17 bits per heavy atom. The van der Waals surface area contributed by atoms with Crippen LogP contribution in [0.5, 0.6) is 5.75 Å². The van der Waals surface area contributed by atoms with E-state index in [2.05, 4.69) is 76.5 Å². The molecule has 3 aromatic carbocycles. The molecule has 17 nitrogen and oxygen atoms in total. The normalized spacial score (nSPS) is 21.7. The number of allylic oxidation sites excluding steroid dienone is 7. The van der Waals surface area contributed by atoms with Gasteiger partial charge in [0.25, 0.3) is 20.2 Å². The molecule has 1 unspecified atom stereocenters. The minimum atomic E-state index is -4.53. The number of carbonyl (C=O) groups is 4. The van der Waals surface area contributed by atoms with Gasteiger partial charge in [0.05, 0.1) is 15.2 Å². The SMILES string of the molecule is Cc1ccc2c(c1)C(C)(C)C1=[N+]2CCCCCC(=O)NCCCCC(C(=O)NCCCCCC(=O)O)NC(=O)CCCCCN2/C(=C/C=C3\CCCC(=C3Oc3ccc(S(=O)(=O)O)cc3)/C=C/1)C(C)(C)c1cc(S(=O)(=O)O)ccc12. The van der Waals surface area contributed by atoms with E-state index in [1.54, 1.807) is 6.07 Å². The molecule has 0 fully saturated rings. The van der Waals surface area contributed by atoms with E-state index in [0.717, 1.165) is 65.3 Å². The molecule has 0 radical (unpaired) electrons. The van der Waals surface area contributed by atoms with Gasteiger partial charge in [0, 0.05) is 79.8 Å². The third kappa shape index (κ3) is 15.7. The molecule has 3 amide bonds. The van der Waals surface area contributed by atoms with E-state index >= 15 is 0 Å². The number of unbranched alkanes of at least 4 members (excludes halogenated alkanes) is 2. The number of carboxylic acid groups (broad SMARTS) is 1. The van der Waals surface area contributed by atoms with Gasteiger partial charge in [0.1, 0.15) is 24.1 Å². The average Bonchev–Trinajstić information content (AvgIpc) is 3.96. The highest BCUT2D eigenvalue weighted by Gasteiger charge is 2.45. The third-order valence-corrected chi connectivity index (χ3v) is 17.5. The number of aryl methyl sites for hydroxylation is 1. The summed E-state index contributed by atoms with van der Waals surface area (Å²) in [6.07, 6.45) is 18.6. The molecule has 0 spiro atoms. The Morgan fingerprint density at radius 2 is 1.45 bits per heavy atom. The molecule has 1 atom stereocenters. The summed E-state index contributed by atoms with van der Waals surface area (Å²) in [7, 11) is -8.99. The van der Waals surface area contributed by atoms with E-state index < -0.39 is 37.7 Å². The van der Waals surface area contributed by atoms with Gasteiger partial charge in [-0.3, -0.25) is 28.3 Å². The fourth-order valence-electron chi connectivity index (χ4n) is 11.3.